The van der Waals surface area contributed by atoms with Crippen molar-refractivity contribution in [1.82, 2.24) is 25.1 Å². The molecule has 0 amide bonds. The molecular weight excluding hydrogens is 318 g/mol. The molecular formula is C14H20BrN5. The molecule has 108 valence electrons. The van der Waals surface area contributed by atoms with Crippen molar-refractivity contribution in [2.75, 3.05) is 6.54 Å². The molecule has 0 aliphatic rings. The summed E-state index contributed by atoms with van der Waals surface area (Å²) in [6.07, 6.45) is 3.00. The maximum atomic E-state index is 4.57. The second-order valence-corrected chi connectivity index (χ2v) is 5.65. The first-order chi connectivity index (χ1) is 9.54. The van der Waals surface area contributed by atoms with Gasteiger partial charge in [-0.15, -0.1) is 0 Å². The van der Waals surface area contributed by atoms with Gasteiger partial charge in [-0.2, -0.15) is 5.10 Å². The van der Waals surface area contributed by atoms with Crippen LogP contribution in [0.2, 0.25) is 0 Å². The molecule has 2 rings (SSSR count). The summed E-state index contributed by atoms with van der Waals surface area (Å²) < 4.78 is 2.78. The fourth-order valence-corrected chi connectivity index (χ4v) is 2.22. The normalized spacial score (nSPS) is 11.1. The van der Waals surface area contributed by atoms with E-state index in [-0.39, 0.29) is 0 Å². The van der Waals surface area contributed by atoms with Crippen LogP contribution in [-0.4, -0.2) is 26.3 Å². The minimum absolute atomic E-state index is 0.619. The number of nitrogens with one attached hydrogen (secondary N) is 1. The van der Waals surface area contributed by atoms with Crippen LogP contribution in [0.5, 0.6) is 0 Å². The van der Waals surface area contributed by atoms with Gasteiger partial charge < -0.3 is 5.32 Å². The Kier molecular flexibility index (Phi) is 4.88. The van der Waals surface area contributed by atoms with Crippen LogP contribution < -0.4 is 5.32 Å². The number of nitrogens with zero attached hydrogens (tertiary/aromatic N) is 4. The van der Waals surface area contributed by atoms with Gasteiger partial charge in [0.2, 0.25) is 0 Å². The molecule has 1 N–H and O–H groups in total. The Morgan fingerprint density at radius 3 is 2.55 bits per heavy atom. The molecule has 5 nitrogen and oxygen atoms in total. The molecule has 0 spiro atoms. The van der Waals surface area contributed by atoms with Crippen LogP contribution >= 0.6 is 15.9 Å². The number of aromatic nitrogens is 4. The predicted octanol–water partition coefficient (Wildman–Crippen LogP) is 2.85. The topological polar surface area (TPSA) is 55.6 Å². The van der Waals surface area contributed by atoms with Crippen molar-refractivity contribution in [3.63, 3.8) is 0 Å². The molecule has 0 bridgehead atoms. The van der Waals surface area contributed by atoms with Crippen LogP contribution in [0.4, 0.5) is 0 Å². The van der Waals surface area contributed by atoms with Gasteiger partial charge in [-0.3, -0.25) is 0 Å². The molecule has 0 atom stereocenters. The SMILES string of the molecule is CCCNCc1cnc(-n2nc(C)c(Br)c2C)nc1C. The van der Waals surface area contributed by atoms with E-state index in [0.29, 0.717) is 5.95 Å². The zero-order chi connectivity index (χ0) is 14.7. The summed E-state index contributed by atoms with van der Waals surface area (Å²) in [4.78, 5) is 9.00. The van der Waals surface area contributed by atoms with E-state index in [9.17, 15) is 0 Å². The summed E-state index contributed by atoms with van der Waals surface area (Å²) in [7, 11) is 0. The van der Waals surface area contributed by atoms with Crippen molar-refractivity contribution in [3.05, 3.63) is 33.3 Å². The lowest BCUT2D eigenvalue weighted by atomic mass is 10.2. The molecule has 0 radical (unpaired) electrons. The maximum Gasteiger partial charge on any atom is 0.251 e. The van der Waals surface area contributed by atoms with E-state index < -0.39 is 0 Å². The first kappa shape index (κ1) is 15.1. The van der Waals surface area contributed by atoms with Crippen molar-refractivity contribution < 1.29 is 0 Å². The first-order valence-electron chi connectivity index (χ1n) is 6.80. The monoisotopic (exact) mass is 337 g/mol. The van der Waals surface area contributed by atoms with Crippen LogP contribution in [0.15, 0.2) is 10.7 Å². The number of rotatable bonds is 5. The lowest BCUT2D eigenvalue weighted by Gasteiger charge is -2.08. The van der Waals surface area contributed by atoms with E-state index in [2.05, 4.69) is 43.2 Å². The van der Waals surface area contributed by atoms with Gasteiger partial charge in [0.25, 0.3) is 5.95 Å². The molecule has 0 aliphatic carbocycles. The van der Waals surface area contributed by atoms with Gasteiger partial charge in [0.05, 0.1) is 15.9 Å². The molecule has 0 saturated carbocycles. The molecule has 2 heterocycles. The van der Waals surface area contributed by atoms with Gasteiger partial charge in [-0.1, -0.05) is 6.92 Å². The van der Waals surface area contributed by atoms with Crippen LogP contribution in [-0.2, 0) is 6.54 Å². The summed E-state index contributed by atoms with van der Waals surface area (Å²) in [5.41, 5.74) is 4.07. The highest BCUT2D eigenvalue weighted by Gasteiger charge is 2.13. The minimum Gasteiger partial charge on any atom is -0.313 e. The average Bonchev–Trinajstić information content (AvgIpc) is 2.68. The van der Waals surface area contributed by atoms with E-state index in [4.69, 9.17) is 0 Å². The number of hydrogen-bond acceptors (Lipinski definition) is 4. The Hall–Kier alpha value is -1.27. The van der Waals surface area contributed by atoms with Crippen molar-refractivity contribution >= 4 is 15.9 Å². The fraction of sp³-hybridized carbons (Fsp3) is 0.500. The van der Waals surface area contributed by atoms with Crippen LogP contribution in [0, 0.1) is 20.8 Å². The van der Waals surface area contributed by atoms with Crippen molar-refractivity contribution in [1.29, 1.82) is 0 Å². The van der Waals surface area contributed by atoms with Crippen LogP contribution in [0.1, 0.15) is 36.0 Å². The summed E-state index contributed by atoms with van der Waals surface area (Å²) in [5.74, 6) is 0.619. The van der Waals surface area contributed by atoms with Gasteiger partial charge in [0.1, 0.15) is 0 Å². The van der Waals surface area contributed by atoms with E-state index in [1.165, 1.54) is 0 Å². The molecule has 2 aromatic heterocycles. The lowest BCUT2D eigenvalue weighted by molar-refractivity contribution is 0.665. The highest BCUT2D eigenvalue weighted by molar-refractivity contribution is 9.10. The lowest BCUT2D eigenvalue weighted by Crippen LogP contribution is -2.16. The van der Waals surface area contributed by atoms with Crippen molar-refractivity contribution in [2.45, 2.75) is 40.7 Å². The standard InChI is InChI=1S/C14H20BrN5/c1-5-6-16-7-12-8-17-14(18-9(12)2)20-11(4)13(15)10(3)19-20/h8,16H,5-7H2,1-4H3. The third kappa shape index (κ3) is 3.07. The minimum atomic E-state index is 0.619. The average molecular weight is 338 g/mol. The largest absolute Gasteiger partial charge is 0.313 e. The van der Waals surface area contributed by atoms with Gasteiger partial charge in [-0.05, 0) is 49.7 Å². The first-order valence-corrected chi connectivity index (χ1v) is 7.59. The fourth-order valence-electron chi connectivity index (χ4n) is 1.97. The zero-order valence-electron chi connectivity index (χ0n) is 12.4. The smallest absolute Gasteiger partial charge is 0.251 e. The van der Waals surface area contributed by atoms with E-state index in [1.54, 1.807) is 4.68 Å². The Morgan fingerprint density at radius 2 is 2.00 bits per heavy atom. The number of halogens is 1. The summed E-state index contributed by atoms with van der Waals surface area (Å²) in [5, 5.41) is 7.82. The zero-order valence-corrected chi connectivity index (χ0v) is 14.0. The van der Waals surface area contributed by atoms with Crippen molar-refractivity contribution in [2.24, 2.45) is 0 Å². The van der Waals surface area contributed by atoms with Crippen LogP contribution in [0.3, 0.4) is 0 Å². The summed E-state index contributed by atoms with van der Waals surface area (Å²) in [6.45, 7) is 9.93. The molecule has 0 aliphatic heterocycles. The van der Waals surface area contributed by atoms with Crippen LogP contribution in [0.25, 0.3) is 5.95 Å². The van der Waals surface area contributed by atoms with E-state index in [1.807, 2.05) is 27.0 Å². The molecule has 0 unspecified atom stereocenters. The maximum absolute atomic E-state index is 4.57. The molecule has 0 aromatic carbocycles. The number of hydrogen-bond donors (Lipinski definition) is 1. The van der Waals surface area contributed by atoms with Crippen molar-refractivity contribution in [3.8, 4) is 5.95 Å². The molecule has 0 fully saturated rings. The van der Waals surface area contributed by atoms with Gasteiger partial charge in [0, 0.05) is 24.0 Å². The quantitative estimate of drug-likeness (QED) is 0.852. The molecule has 20 heavy (non-hydrogen) atoms. The Morgan fingerprint density at radius 1 is 1.25 bits per heavy atom. The van der Waals surface area contributed by atoms with E-state index >= 15 is 0 Å². The Labute approximate surface area is 128 Å². The Balaban J connectivity index is 2.26. The number of aryl methyl sites for hydroxylation is 2. The Bertz CT molecular complexity index is 606. The van der Waals surface area contributed by atoms with Gasteiger partial charge in [-0.25, -0.2) is 14.6 Å². The molecule has 6 heteroatoms. The third-order valence-corrected chi connectivity index (χ3v) is 4.35. The highest BCUT2D eigenvalue weighted by Crippen LogP contribution is 2.21. The molecule has 2 aromatic rings. The van der Waals surface area contributed by atoms with Gasteiger partial charge in [0.15, 0.2) is 0 Å². The molecule has 0 saturated heterocycles. The second-order valence-electron chi connectivity index (χ2n) is 4.85. The predicted molar refractivity (Wildman–Crippen MR) is 83.1 cm³/mol. The summed E-state index contributed by atoms with van der Waals surface area (Å²) >= 11 is 3.52. The highest BCUT2D eigenvalue weighted by atomic mass is 79.9. The summed E-state index contributed by atoms with van der Waals surface area (Å²) in [6, 6.07) is 0. The van der Waals surface area contributed by atoms with E-state index in [0.717, 1.165) is 46.6 Å². The third-order valence-electron chi connectivity index (χ3n) is 3.20. The van der Waals surface area contributed by atoms with Gasteiger partial charge >= 0.3 is 0 Å². The second kappa shape index (κ2) is 6.45.